The van der Waals surface area contributed by atoms with E-state index in [1.54, 1.807) is 35.5 Å². The molecular formula is C21H20Cl2N2O3S. The molecule has 5 nitrogen and oxygen atoms in total. The van der Waals surface area contributed by atoms with Crippen LogP contribution in [0.4, 0.5) is 5.69 Å². The highest BCUT2D eigenvalue weighted by molar-refractivity contribution is 8.00. The Bertz CT molecular complexity index is 908. The number of nitrogens with zero attached hydrogens (tertiary/aromatic N) is 1. The number of hydrogen-bond donors (Lipinski definition) is 1. The molecule has 1 N–H and O–H groups in total. The number of halogens is 2. The molecule has 0 aromatic heterocycles. The van der Waals surface area contributed by atoms with Crippen LogP contribution in [0.5, 0.6) is 0 Å². The lowest BCUT2D eigenvalue weighted by atomic mass is 10.1. The fraction of sp³-hybridized carbons (Fsp3) is 0.238. The highest BCUT2D eigenvalue weighted by Gasteiger charge is 2.30. The second kappa shape index (κ2) is 10.1. The van der Waals surface area contributed by atoms with Crippen LogP contribution in [0, 0.1) is 0 Å². The van der Waals surface area contributed by atoms with Crippen LogP contribution in [0.3, 0.4) is 0 Å². The summed E-state index contributed by atoms with van der Waals surface area (Å²) >= 11 is 13.7. The van der Waals surface area contributed by atoms with Crippen LogP contribution in [0.25, 0.3) is 0 Å². The summed E-state index contributed by atoms with van der Waals surface area (Å²) in [4.78, 5) is 27.8. The van der Waals surface area contributed by atoms with Crippen LogP contribution in [0.15, 0.2) is 65.8 Å². The van der Waals surface area contributed by atoms with Gasteiger partial charge in [-0.2, -0.15) is 0 Å². The number of thioether (sulfide) groups is 1. The van der Waals surface area contributed by atoms with Crippen molar-refractivity contribution in [1.82, 2.24) is 5.32 Å². The number of benzene rings is 2. The first-order valence-corrected chi connectivity index (χ1v) is 10.6. The molecule has 152 valence electrons. The number of methoxy groups -OCH3 is 1. The van der Waals surface area contributed by atoms with E-state index in [2.05, 4.69) is 5.32 Å². The van der Waals surface area contributed by atoms with E-state index in [1.807, 2.05) is 30.3 Å². The number of ketones is 1. The summed E-state index contributed by atoms with van der Waals surface area (Å²) in [6.45, 7) is 0. The van der Waals surface area contributed by atoms with Crippen molar-refractivity contribution in [3.05, 3.63) is 71.0 Å². The molecule has 2 atom stereocenters. The monoisotopic (exact) mass is 450 g/mol. The quantitative estimate of drug-likeness (QED) is 0.456. The summed E-state index contributed by atoms with van der Waals surface area (Å²) in [6.07, 6.45) is 3.44. The number of anilines is 1. The van der Waals surface area contributed by atoms with Crippen LogP contribution < -0.4 is 10.2 Å². The summed E-state index contributed by atoms with van der Waals surface area (Å²) in [5.41, 5.74) is 0.679. The maximum Gasteiger partial charge on any atom is 0.319 e. The zero-order valence-electron chi connectivity index (χ0n) is 15.7. The molecule has 0 bridgehead atoms. The zero-order chi connectivity index (χ0) is 20.8. The summed E-state index contributed by atoms with van der Waals surface area (Å²) < 4.78 is 4.92. The molecule has 1 aliphatic heterocycles. The summed E-state index contributed by atoms with van der Waals surface area (Å²) in [6, 6.07) is 14.7. The molecule has 2 aromatic carbocycles. The van der Waals surface area contributed by atoms with Gasteiger partial charge in [-0.25, -0.2) is 0 Å². The van der Waals surface area contributed by atoms with Gasteiger partial charge in [0.1, 0.15) is 5.25 Å². The van der Waals surface area contributed by atoms with Crippen molar-refractivity contribution < 1.29 is 14.3 Å². The van der Waals surface area contributed by atoms with Gasteiger partial charge in [0.25, 0.3) is 0 Å². The second-order valence-electron chi connectivity index (χ2n) is 6.34. The maximum atomic E-state index is 12.9. The molecule has 3 rings (SSSR count). The number of carbonyl (C=O) groups excluding carboxylic acids is 2. The Morgan fingerprint density at radius 3 is 2.66 bits per heavy atom. The second-order valence-corrected chi connectivity index (χ2v) is 8.46. The van der Waals surface area contributed by atoms with Crippen molar-refractivity contribution >= 4 is 52.4 Å². The number of Topliss-reactive ketones (excluding diaryl/α,β-unsaturated/α-hetero) is 1. The zero-order valence-corrected chi connectivity index (χ0v) is 18.0. The predicted molar refractivity (Wildman–Crippen MR) is 117 cm³/mol. The van der Waals surface area contributed by atoms with Crippen LogP contribution in [0.2, 0.25) is 10.0 Å². The van der Waals surface area contributed by atoms with Crippen molar-refractivity contribution in [2.45, 2.75) is 29.2 Å². The largest absolute Gasteiger partial charge is 0.468 e. The maximum absolute atomic E-state index is 12.9. The SMILES string of the molecule is COC(=O)C(CCC(=O)C1NC=CN1c1ccc(Cl)cc1Cl)Sc1ccccc1. The van der Waals surface area contributed by atoms with Crippen molar-refractivity contribution in [2.24, 2.45) is 0 Å². The van der Waals surface area contributed by atoms with E-state index in [1.165, 1.54) is 18.9 Å². The first-order chi connectivity index (χ1) is 14.0. The Morgan fingerprint density at radius 2 is 1.97 bits per heavy atom. The number of rotatable bonds is 8. The highest BCUT2D eigenvalue weighted by Crippen LogP contribution is 2.32. The van der Waals surface area contributed by atoms with E-state index in [0.29, 0.717) is 22.2 Å². The Balaban J connectivity index is 1.66. The lowest BCUT2D eigenvalue weighted by Crippen LogP contribution is -2.43. The van der Waals surface area contributed by atoms with Gasteiger partial charge in [0.15, 0.2) is 11.9 Å². The van der Waals surface area contributed by atoms with Crippen LogP contribution in [-0.4, -0.2) is 30.3 Å². The number of esters is 1. The molecule has 0 spiro atoms. The van der Waals surface area contributed by atoms with E-state index in [9.17, 15) is 9.59 Å². The third-order valence-corrected chi connectivity index (χ3v) is 6.19. The minimum atomic E-state index is -0.589. The minimum absolute atomic E-state index is 0.0522. The molecule has 8 heteroatoms. The third kappa shape index (κ3) is 5.47. The molecular weight excluding hydrogens is 431 g/mol. The minimum Gasteiger partial charge on any atom is -0.468 e. The Hall–Kier alpha value is -2.15. The smallest absolute Gasteiger partial charge is 0.319 e. The summed E-state index contributed by atoms with van der Waals surface area (Å²) in [5.74, 6) is -0.398. The van der Waals surface area contributed by atoms with Crippen LogP contribution in [0.1, 0.15) is 12.8 Å². The van der Waals surface area contributed by atoms with E-state index in [4.69, 9.17) is 27.9 Å². The summed E-state index contributed by atoms with van der Waals surface area (Å²) in [5, 5.41) is 3.56. The van der Waals surface area contributed by atoms with E-state index >= 15 is 0 Å². The Labute approximate surface area is 184 Å². The number of ether oxygens (including phenoxy) is 1. The molecule has 1 aliphatic rings. The van der Waals surface area contributed by atoms with Gasteiger partial charge in [-0.3, -0.25) is 9.59 Å². The molecule has 0 saturated carbocycles. The van der Waals surface area contributed by atoms with Gasteiger partial charge >= 0.3 is 5.97 Å². The predicted octanol–water partition coefficient (Wildman–Crippen LogP) is 4.88. The number of hydrogen-bond acceptors (Lipinski definition) is 6. The lowest BCUT2D eigenvalue weighted by Gasteiger charge is -2.26. The normalized spacial score (nSPS) is 16.4. The number of carbonyl (C=O) groups is 2. The first-order valence-electron chi connectivity index (χ1n) is 8.98. The number of nitrogens with one attached hydrogen (secondary N) is 1. The molecule has 0 radical (unpaired) electrons. The average molecular weight is 451 g/mol. The van der Waals surface area contributed by atoms with Gasteiger partial charge in [-0.1, -0.05) is 41.4 Å². The van der Waals surface area contributed by atoms with Gasteiger partial charge in [0.05, 0.1) is 17.8 Å². The van der Waals surface area contributed by atoms with Gasteiger partial charge in [0, 0.05) is 28.7 Å². The van der Waals surface area contributed by atoms with Crippen molar-refractivity contribution in [3.63, 3.8) is 0 Å². The molecule has 0 fully saturated rings. The Morgan fingerprint density at radius 1 is 1.21 bits per heavy atom. The van der Waals surface area contributed by atoms with E-state index in [-0.39, 0.29) is 18.2 Å². The van der Waals surface area contributed by atoms with Gasteiger partial charge in [-0.05, 0) is 36.8 Å². The topological polar surface area (TPSA) is 58.6 Å². The first kappa shape index (κ1) is 21.6. The fourth-order valence-corrected chi connectivity index (χ4v) is 4.55. The van der Waals surface area contributed by atoms with E-state index < -0.39 is 11.4 Å². The lowest BCUT2D eigenvalue weighted by molar-refractivity contribution is -0.140. The van der Waals surface area contributed by atoms with Crippen LogP contribution in [-0.2, 0) is 14.3 Å². The molecule has 0 aliphatic carbocycles. The average Bonchev–Trinajstić information content (AvgIpc) is 3.20. The summed E-state index contributed by atoms with van der Waals surface area (Å²) in [7, 11) is 1.36. The Kier molecular flexibility index (Phi) is 7.47. The highest BCUT2D eigenvalue weighted by atomic mass is 35.5. The van der Waals surface area contributed by atoms with Gasteiger partial charge < -0.3 is 15.0 Å². The molecule has 2 aromatic rings. The van der Waals surface area contributed by atoms with E-state index in [0.717, 1.165) is 4.90 Å². The molecule has 2 unspecified atom stereocenters. The molecule has 1 heterocycles. The third-order valence-electron chi connectivity index (χ3n) is 4.40. The molecule has 0 amide bonds. The van der Waals surface area contributed by atoms with Gasteiger partial charge in [-0.15, -0.1) is 11.8 Å². The van der Waals surface area contributed by atoms with Crippen LogP contribution >= 0.6 is 35.0 Å². The van der Waals surface area contributed by atoms with Gasteiger partial charge in [0.2, 0.25) is 0 Å². The molecule has 29 heavy (non-hydrogen) atoms. The molecule has 0 saturated heterocycles. The fourth-order valence-electron chi connectivity index (χ4n) is 2.97. The van der Waals surface area contributed by atoms with Crippen molar-refractivity contribution in [1.29, 1.82) is 0 Å². The van der Waals surface area contributed by atoms with Crippen molar-refractivity contribution in [2.75, 3.05) is 12.0 Å². The van der Waals surface area contributed by atoms with Crippen molar-refractivity contribution in [3.8, 4) is 0 Å². The standard InChI is InChI=1S/C21H20Cl2N2O3S/c1-28-21(27)19(29-15-5-3-2-4-6-15)10-9-18(26)20-24-11-12-25(20)17-8-7-14(22)13-16(17)23/h2-8,11-13,19-20,24H,9-10H2,1H3.